The van der Waals surface area contributed by atoms with Crippen LogP contribution in [0.3, 0.4) is 0 Å². The van der Waals surface area contributed by atoms with Crippen molar-refractivity contribution < 1.29 is 19.4 Å². The fraction of sp³-hybridized carbons (Fsp3) is 0.250. The summed E-state index contributed by atoms with van der Waals surface area (Å²) >= 11 is 0. The molecule has 1 aliphatic rings. The minimum Gasteiger partial charge on any atom is -0.493 e. The van der Waals surface area contributed by atoms with Crippen molar-refractivity contribution in [1.82, 2.24) is 4.98 Å². The van der Waals surface area contributed by atoms with Crippen LogP contribution in [0.25, 0.3) is 10.9 Å². The van der Waals surface area contributed by atoms with Gasteiger partial charge in [0.05, 0.1) is 5.52 Å². The summed E-state index contributed by atoms with van der Waals surface area (Å²) in [4.78, 5) is 15.2. The second-order valence-corrected chi connectivity index (χ2v) is 6.68. The van der Waals surface area contributed by atoms with Crippen molar-refractivity contribution in [2.45, 2.75) is 25.9 Å². The van der Waals surface area contributed by atoms with Crippen molar-refractivity contribution in [2.75, 3.05) is 6.61 Å². The lowest BCUT2D eigenvalue weighted by molar-refractivity contribution is -0.127. The Hall–Kier alpha value is -3.35. The molecule has 7 nitrogen and oxygen atoms in total. The number of rotatable bonds is 3. The Morgan fingerprint density at radius 2 is 2.00 bits per heavy atom. The number of hydrogen-bond donors (Lipinski definition) is 2. The maximum absolute atomic E-state index is 12.4. The zero-order valence-corrected chi connectivity index (χ0v) is 15.0. The zero-order chi connectivity index (χ0) is 19.0. The zero-order valence-electron chi connectivity index (χ0n) is 15.0. The number of benzene rings is 2. The van der Waals surface area contributed by atoms with Crippen LogP contribution < -0.4 is 9.47 Å². The Morgan fingerprint density at radius 1 is 1.22 bits per heavy atom. The van der Waals surface area contributed by atoms with E-state index in [4.69, 9.17) is 9.47 Å². The minimum absolute atomic E-state index is 0.0617. The Kier molecular flexibility index (Phi) is 4.27. The molecule has 0 spiro atoms. The topological polar surface area (TPSA) is 96.3 Å². The van der Waals surface area contributed by atoms with Crippen LogP contribution in [0.4, 0.5) is 5.69 Å². The van der Waals surface area contributed by atoms with Crippen molar-refractivity contribution in [1.29, 1.82) is 0 Å². The molecule has 3 aromatic rings. The predicted octanol–water partition coefficient (Wildman–Crippen LogP) is 4.45. The van der Waals surface area contributed by atoms with E-state index in [2.05, 4.69) is 29.1 Å². The molecule has 1 aliphatic heterocycles. The molecule has 0 fully saturated rings. The molecule has 1 atom stereocenters. The van der Waals surface area contributed by atoms with Crippen molar-refractivity contribution in [2.24, 2.45) is 10.2 Å². The number of azo groups is 1. The van der Waals surface area contributed by atoms with Crippen LogP contribution in [0.5, 0.6) is 17.4 Å². The maximum atomic E-state index is 12.4. The Balaban J connectivity index is 1.58. The van der Waals surface area contributed by atoms with Gasteiger partial charge in [-0.1, -0.05) is 32.0 Å². The van der Waals surface area contributed by atoms with E-state index in [1.807, 2.05) is 24.3 Å². The lowest BCUT2D eigenvalue weighted by Crippen LogP contribution is -2.35. The summed E-state index contributed by atoms with van der Waals surface area (Å²) < 4.78 is 11.2. The highest BCUT2D eigenvalue weighted by Crippen LogP contribution is 2.37. The SMILES string of the molecule is CC(C)c1ccc2[nH]c(O)c(N=NC(=O)[C@@H]3COc4ccccc4O3)c2c1. The number of carbonyl (C=O) groups is 1. The van der Waals surface area contributed by atoms with Crippen LogP contribution in [-0.4, -0.2) is 28.7 Å². The molecule has 2 N–H and O–H groups in total. The van der Waals surface area contributed by atoms with Gasteiger partial charge in [0, 0.05) is 5.39 Å². The van der Waals surface area contributed by atoms with Gasteiger partial charge in [0.1, 0.15) is 6.61 Å². The van der Waals surface area contributed by atoms with Gasteiger partial charge in [-0.15, -0.1) is 10.2 Å². The molecule has 1 aromatic heterocycles. The number of hydrogen-bond acceptors (Lipinski definition) is 5. The molecule has 0 radical (unpaired) electrons. The molecule has 27 heavy (non-hydrogen) atoms. The summed E-state index contributed by atoms with van der Waals surface area (Å²) in [5, 5.41) is 18.6. The van der Waals surface area contributed by atoms with E-state index in [1.54, 1.807) is 18.2 Å². The third kappa shape index (κ3) is 3.23. The lowest BCUT2D eigenvalue weighted by Gasteiger charge is -2.23. The first kappa shape index (κ1) is 17.1. The Bertz CT molecular complexity index is 1040. The normalized spacial score (nSPS) is 16.3. The summed E-state index contributed by atoms with van der Waals surface area (Å²) in [6.45, 7) is 4.22. The van der Waals surface area contributed by atoms with Crippen molar-refractivity contribution in [3.05, 3.63) is 48.0 Å². The summed E-state index contributed by atoms with van der Waals surface area (Å²) in [7, 11) is 0. The third-order valence-corrected chi connectivity index (χ3v) is 4.48. The fourth-order valence-corrected chi connectivity index (χ4v) is 2.95. The smallest absolute Gasteiger partial charge is 0.308 e. The van der Waals surface area contributed by atoms with Crippen LogP contribution in [-0.2, 0) is 4.79 Å². The number of carbonyl (C=O) groups excluding carboxylic acids is 1. The molecule has 0 aliphatic carbocycles. The van der Waals surface area contributed by atoms with Gasteiger partial charge in [0.2, 0.25) is 12.0 Å². The van der Waals surface area contributed by atoms with Crippen LogP contribution in [0.1, 0.15) is 25.3 Å². The van der Waals surface area contributed by atoms with E-state index in [-0.39, 0.29) is 18.2 Å². The summed E-state index contributed by atoms with van der Waals surface area (Å²) in [6, 6.07) is 12.9. The van der Waals surface area contributed by atoms with Gasteiger partial charge < -0.3 is 19.6 Å². The number of para-hydroxylation sites is 2. The Morgan fingerprint density at radius 3 is 2.78 bits per heavy atom. The number of ether oxygens (including phenoxy) is 2. The van der Waals surface area contributed by atoms with Gasteiger partial charge in [-0.3, -0.25) is 4.79 Å². The molecule has 138 valence electrons. The van der Waals surface area contributed by atoms with Crippen LogP contribution in [0.2, 0.25) is 0 Å². The predicted molar refractivity (Wildman–Crippen MR) is 99.9 cm³/mol. The van der Waals surface area contributed by atoms with E-state index < -0.39 is 12.0 Å². The number of amides is 1. The van der Waals surface area contributed by atoms with Gasteiger partial charge in [0.15, 0.2) is 17.2 Å². The number of H-pyrrole nitrogens is 1. The molecule has 0 saturated carbocycles. The second kappa shape index (κ2) is 6.75. The number of aromatic nitrogens is 1. The molecule has 7 heteroatoms. The number of aromatic hydroxyl groups is 1. The van der Waals surface area contributed by atoms with Crippen molar-refractivity contribution >= 4 is 22.5 Å². The van der Waals surface area contributed by atoms with E-state index in [0.29, 0.717) is 22.8 Å². The van der Waals surface area contributed by atoms with E-state index in [0.717, 1.165) is 11.1 Å². The third-order valence-electron chi connectivity index (χ3n) is 4.48. The monoisotopic (exact) mass is 365 g/mol. The molecule has 1 amide bonds. The highest BCUT2D eigenvalue weighted by Gasteiger charge is 2.27. The molecule has 0 unspecified atom stereocenters. The van der Waals surface area contributed by atoms with Crippen molar-refractivity contribution in [3.63, 3.8) is 0 Å². The number of fused-ring (bicyclic) bond motifs is 2. The van der Waals surface area contributed by atoms with E-state index in [9.17, 15) is 9.90 Å². The van der Waals surface area contributed by atoms with Gasteiger partial charge in [-0.2, -0.15) is 0 Å². The van der Waals surface area contributed by atoms with Crippen LogP contribution >= 0.6 is 0 Å². The van der Waals surface area contributed by atoms with Gasteiger partial charge >= 0.3 is 5.91 Å². The quantitative estimate of drug-likeness (QED) is 0.670. The summed E-state index contributed by atoms with van der Waals surface area (Å²) in [5.41, 5.74) is 2.06. The molecule has 4 rings (SSSR count). The first-order valence-electron chi connectivity index (χ1n) is 8.71. The van der Waals surface area contributed by atoms with Crippen LogP contribution in [0, 0.1) is 0 Å². The van der Waals surface area contributed by atoms with Gasteiger partial charge in [-0.25, -0.2) is 0 Å². The molecule has 0 saturated heterocycles. The van der Waals surface area contributed by atoms with E-state index >= 15 is 0 Å². The molecular weight excluding hydrogens is 346 g/mol. The number of nitrogens with zero attached hydrogens (tertiary/aromatic N) is 2. The molecule has 0 bridgehead atoms. The number of nitrogens with one attached hydrogen (secondary N) is 1. The van der Waals surface area contributed by atoms with E-state index in [1.165, 1.54) is 0 Å². The maximum Gasteiger partial charge on any atom is 0.308 e. The molecule has 2 aromatic carbocycles. The molecular formula is C20H19N3O4. The average molecular weight is 365 g/mol. The fourth-order valence-electron chi connectivity index (χ4n) is 2.95. The van der Waals surface area contributed by atoms with Crippen molar-refractivity contribution in [3.8, 4) is 17.4 Å². The second-order valence-electron chi connectivity index (χ2n) is 6.68. The first-order valence-corrected chi connectivity index (χ1v) is 8.71. The molecule has 2 heterocycles. The van der Waals surface area contributed by atoms with Crippen LogP contribution in [0.15, 0.2) is 52.7 Å². The minimum atomic E-state index is -0.873. The standard InChI is InChI=1S/C20H19N3O4/c1-11(2)12-7-8-14-13(9-12)18(20(25)21-14)22-23-19(24)17-10-26-15-5-3-4-6-16(15)27-17/h3-9,11,17,21,25H,10H2,1-2H3/t17-/m0/s1. The Labute approximate surface area is 155 Å². The van der Waals surface area contributed by atoms with Gasteiger partial charge in [-0.05, 0) is 35.7 Å². The summed E-state index contributed by atoms with van der Waals surface area (Å²) in [6.07, 6.45) is -0.873. The highest BCUT2D eigenvalue weighted by atomic mass is 16.6. The first-order chi connectivity index (χ1) is 13.0. The lowest BCUT2D eigenvalue weighted by atomic mass is 10.0. The average Bonchev–Trinajstić information content (AvgIpc) is 2.99. The largest absolute Gasteiger partial charge is 0.493 e. The number of aromatic amines is 1. The summed E-state index contributed by atoms with van der Waals surface area (Å²) in [5.74, 6) is 0.709. The van der Waals surface area contributed by atoms with Gasteiger partial charge in [0.25, 0.3) is 0 Å². The highest BCUT2D eigenvalue weighted by molar-refractivity contribution is 5.95.